The predicted molar refractivity (Wildman–Crippen MR) is 60.0 cm³/mol. The van der Waals surface area contributed by atoms with Crippen molar-refractivity contribution in [3.63, 3.8) is 0 Å². The molecule has 19 heavy (non-hydrogen) atoms. The maximum atomic E-state index is 12.6. The van der Waals surface area contributed by atoms with Crippen molar-refractivity contribution in [2.24, 2.45) is 0 Å². The van der Waals surface area contributed by atoms with Gasteiger partial charge in [0.1, 0.15) is 11.2 Å². The number of rotatable bonds is 1. The molecule has 0 aromatic carbocycles. The van der Waals surface area contributed by atoms with Crippen molar-refractivity contribution in [2.45, 2.75) is 6.18 Å². The Balaban J connectivity index is 2.57. The molecule has 2 aromatic heterocycles. The third-order valence-electron chi connectivity index (χ3n) is 2.11. The topological polar surface area (TPSA) is 62.5 Å². The van der Waals surface area contributed by atoms with Gasteiger partial charge in [-0.05, 0) is 6.07 Å². The molecule has 0 aliphatic rings. The molecule has 4 nitrogen and oxygen atoms in total. The van der Waals surface area contributed by atoms with E-state index in [1.54, 1.807) is 0 Å². The van der Waals surface area contributed by atoms with Crippen LogP contribution in [0, 0.1) is 11.3 Å². The molecule has 0 bridgehead atoms. The summed E-state index contributed by atoms with van der Waals surface area (Å²) in [6.07, 6.45) is -2.11. The zero-order chi connectivity index (χ0) is 14.0. The standard InChI is InChI=1S/C11H4ClF3N4/c12-9-2-8(18-10(19-9)11(13,14)15)7-1-6(3-16)4-17-5-7/h1-2,4-5H. The van der Waals surface area contributed by atoms with E-state index in [0.29, 0.717) is 0 Å². The Morgan fingerprint density at radius 3 is 2.53 bits per heavy atom. The highest BCUT2D eigenvalue weighted by Crippen LogP contribution is 2.29. The zero-order valence-electron chi connectivity index (χ0n) is 9.11. The molecular weight excluding hydrogens is 281 g/mol. The van der Waals surface area contributed by atoms with Gasteiger partial charge in [-0.15, -0.1) is 0 Å². The maximum absolute atomic E-state index is 12.6. The van der Waals surface area contributed by atoms with E-state index < -0.39 is 12.0 Å². The molecule has 0 spiro atoms. The quantitative estimate of drug-likeness (QED) is 0.755. The molecule has 0 atom stereocenters. The van der Waals surface area contributed by atoms with Crippen molar-refractivity contribution in [1.82, 2.24) is 15.0 Å². The molecule has 0 amide bonds. The molecule has 2 rings (SSSR count). The number of aromatic nitrogens is 3. The first-order chi connectivity index (χ1) is 8.90. The number of alkyl halides is 3. The minimum absolute atomic E-state index is 0.0445. The van der Waals surface area contributed by atoms with Crippen molar-refractivity contribution in [3.8, 4) is 17.3 Å². The van der Waals surface area contributed by atoms with Crippen molar-refractivity contribution in [2.75, 3.05) is 0 Å². The van der Waals surface area contributed by atoms with E-state index in [1.807, 2.05) is 6.07 Å². The van der Waals surface area contributed by atoms with Crippen LogP contribution < -0.4 is 0 Å². The minimum atomic E-state index is -4.69. The van der Waals surface area contributed by atoms with E-state index in [0.717, 1.165) is 0 Å². The summed E-state index contributed by atoms with van der Waals surface area (Å²) >= 11 is 5.54. The first kappa shape index (κ1) is 13.2. The molecule has 96 valence electrons. The van der Waals surface area contributed by atoms with Crippen molar-refractivity contribution >= 4 is 11.6 Å². The molecule has 8 heteroatoms. The van der Waals surface area contributed by atoms with Crippen LogP contribution in [-0.4, -0.2) is 15.0 Å². The van der Waals surface area contributed by atoms with E-state index in [4.69, 9.17) is 16.9 Å². The molecule has 0 aliphatic heterocycles. The Kier molecular flexibility index (Phi) is 3.36. The number of pyridine rings is 1. The minimum Gasteiger partial charge on any atom is -0.263 e. The summed E-state index contributed by atoms with van der Waals surface area (Å²) in [6.45, 7) is 0. The fourth-order valence-electron chi connectivity index (χ4n) is 1.33. The Hall–Kier alpha value is -2.20. The van der Waals surface area contributed by atoms with Crippen LogP contribution in [0.3, 0.4) is 0 Å². The van der Waals surface area contributed by atoms with Gasteiger partial charge in [0.25, 0.3) is 0 Å². The van der Waals surface area contributed by atoms with Crippen LogP contribution >= 0.6 is 11.6 Å². The molecule has 0 fully saturated rings. The summed E-state index contributed by atoms with van der Waals surface area (Å²) in [5, 5.41) is 8.38. The Labute approximate surface area is 110 Å². The Morgan fingerprint density at radius 2 is 1.89 bits per heavy atom. The molecule has 2 aromatic rings. The van der Waals surface area contributed by atoms with Crippen LogP contribution in [0.4, 0.5) is 13.2 Å². The molecule has 0 radical (unpaired) electrons. The second kappa shape index (κ2) is 4.82. The van der Waals surface area contributed by atoms with E-state index in [1.165, 1.54) is 24.5 Å². The fourth-order valence-corrected chi connectivity index (χ4v) is 1.52. The van der Waals surface area contributed by atoms with Crippen LogP contribution in [0.25, 0.3) is 11.3 Å². The highest BCUT2D eigenvalue weighted by molar-refractivity contribution is 6.29. The van der Waals surface area contributed by atoms with E-state index in [-0.39, 0.29) is 22.0 Å². The second-order valence-electron chi connectivity index (χ2n) is 3.47. The van der Waals surface area contributed by atoms with Crippen molar-refractivity contribution in [1.29, 1.82) is 5.26 Å². The second-order valence-corrected chi connectivity index (χ2v) is 3.86. The third-order valence-corrected chi connectivity index (χ3v) is 2.31. The SMILES string of the molecule is N#Cc1cncc(-c2cc(Cl)nc(C(F)(F)F)n2)c1. The third kappa shape index (κ3) is 2.98. The lowest BCUT2D eigenvalue weighted by Crippen LogP contribution is -2.11. The number of nitrogens with zero attached hydrogens (tertiary/aromatic N) is 4. The summed E-state index contributed by atoms with van der Waals surface area (Å²) in [7, 11) is 0. The van der Waals surface area contributed by atoms with Crippen LogP contribution in [0.1, 0.15) is 11.4 Å². The lowest BCUT2D eigenvalue weighted by Gasteiger charge is -2.07. The summed E-state index contributed by atoms with van der Waals surface area (Å²) in [6, 6.07) is 4.38. The number of nitriles is 1. The highest BCUT2D eigenvalue weighted by Gasteiger charge is 2.35. The molecule has 0 unspecified atom stereocenters. The van der Waals surface area contributed by atoms with Crippen molar-refractivity contribution < 1.29 is 13.2 Å². The summed E-state index contributed by atoms with van der Waals surface area (Å²) in [5.41, 5.74) is 0.423. The molecule has 2 heterocycles. The first-order valence-electron chi connectivity index (χ1n) is 4.87. The van der Waals surface area contributed by atoms with E-state index >= 15 is 0 Å². The van der Waals surface area contributed by atoms with Crippen LogP contribution in [0.2, 0.25) is 5.15 Å². The molecule has 0 saturated carbocycles. The Morgan fingerprint density at radius 1 is 1.16 bits per heavy atom. The number of hydrogen-bond donors (Lipinski definition) is 0. The molecular formula is C11H4ClF3N4. The van der Waals surface area contributed by atoms with Crippen molar-refractivity contribution in [3.05, 3.63) is 41.1 Å². The van der Waals surface area contributed by atoms with Crippen LogP contribution in [-0.2, 0) is 6.18 Å². The van der Waals surface area contributed by atoms with Gasteiger partial charge in [0.2, 0.25) is 5.82 Å². The zero-order valence-corrected chi connectivity index (χ0v) is 9.87. The van der Waals surface area contributed by atoms with Gasteiger partial charge in [-0.25, -0.2) is 9.97 Å². The smallest absolute Gasteiger partial charge is 0.263 e. The molecule has 0 N–H and O–H groups in total. The Bertz CT molecular complexity index is 664. The number of halogens is 4. The molecule has 0 saturated heterocycles. The average molecular weight is 285 g/mol. The fraction of sp³-hybridized carbons (Fsp3) is 0.0909. The normalized spacial score (nSPS) is 11.1. The van der Waals surface area contributed by atoms with Gasteiger partial charge in [0, 0.05) is 24.0 Å². The van der Waals surface area contributed by atoms with Gasteiger partial charge in [0.15, 0.2) is 0 Å². The van der Waals surface area contributed by atoms with Gasteiger partial charge >= 0.3 is 6.18 Å². The largest absolute Gasteiger partial charge is 0.451 e. The summed E-state index contributed by atoms with van der Waals surface area (Å²) in [5.74, 6) is -1.34. The van der Waals surface area contributed by atoms with Gasteiger partial charge in [-0.2, -0.15) is 18.4 Å². The maximum Gasteiger partial charge on any atom is 0.451 e. The lowest BCUT2D eigenvalue weighted by molar-refractivity contribution is -0.144. The van der Waals surface area contributed by atoms with Gasteiger partial charge in [-0.1, -0.05) is 11.6 Å². The van der Waals surface area contributed by atoms with E-state index in [9.17, 15) is 13.2 Å². The van der Waals surface area contributed by atoms with Gasteiger partial charge in [0.05, 0.1) is 11.3 Å². The predicted octanol–water partition coefficient (Wildman–Crippen LogP) is 3.08. The summed E-state index contributed by atoms with van der Waals surface area (Å²) < 4.78 is 37.7. The van der Waals surface area contributed by atoms with Crippen LogP contribution in [0.5, 0.6) is 0 Å². The van der Waals surface area contributed by atoms with Crippen LogP contribution in [0.15, 0.2) is 24.5 Å². The van der Waals surface area contributed by atoms with Gasteiger partial charge in [-0.3, -0.25) is 4.98 Å². The lowest BCUT2D eigenvalue weighted by atomic mass is 10.1. The van der Waals surface area contributed by atoms with E-state index in [2.05, 4.69) is 15.0 Å². The number of hydrogen-bond acceptors (Lipinski definition) is 4. The van der Waals surface area contributed by atoms with Gasteiger partial charge < -0.3 is 0 Å². The molecule has 0 aliphatic carbocycles. The monoisotopic (exact) mass is 284 g/mol. The average Bonchev–Trinajstić information content (AvgIpc) is 2.37. The summed E-state index contributed by atoms with van der Waals surface area (Å²) in [4.78, 5) is 10.2. The first-order valence-corrected chi connectivity index (χ1v) is 5.25. The highest BCUT2D eigenvalue weighted by atomic mass is 35.5.